The van der Waals surface area contributed by atoms with Crippen LogP contribution in [0.5, 0.6) is 0 Å². The van der Waals surface area contributed by atoms with Crippen LogP contribution in [-0.4, -0.2) is 49.3 Å². The lowest BCUT2D eigenvalue weighted by atomic mass is 10.4. The summed E-state index contributed by atoms with van der Waals surface area (Å²) < 4.78 is 1.90. The van der Waals surface area contributed by atoms with Crippen molar-refractivity contribution >= 4 is 40.1 Å². The highest BCUT2D eigenvalue weighted by Gasteiger charge is 2.11. The first-order valence-corrected chi connectivity index (χ1v) is 8.30. The van der Waals surface area contributed by atoms with E-state index in [9.17, 15) is 0 Å². The summed E-state index contributed by atoms with van der Waals surface area (Å²) in [5.74, 6) is 0.740. The molecule has 0 radical (unpaired) electrons. The third-order valence-corrected chi connectivity index (χ3v) is 4.24. The molecule has 24 heavy (non-hydrogen) atoms. The van der Waals surface area contributed by atoms with Gasteiger partial charge in [0.2, 0.25) is 5.95 Å². The Balaban J connectivity index is 1.70. The molecule has 0 amide bonds. The summed E-state index contributed by atoms with van der Waals surface area (Å²) in [6, 6.07) is 0. The Bertz CT molecular complexity index is 820. The Morgan fingerprint density at radius 3 is 2.88 bits per heavy atom. The first-order chi connectivity index (χ1) is 11.6. The highest BCUT2D eigenvalue weighted by atomic mass is 35.5. The third kappa shape index (κ3) is 3.44. The Morgan fingerprint density at radius 2 is 2.12 bits per heavy atom. The number of aromatic amines is 1. The molecule has 0 aliphatic heterocycles. The van der Waals surface area contributed by atoms with Gasteiger partial charge in [-0.2, -0.15) is 15.1 Å². The number of likely N-dealkylation sites (N-methyl/N-ethyl adjacent to an activating group) is 1. The van der Waals surface area contributed by atoms with E-state index in [0.29, 0.717) is 27.8 Å². The predicted octanol–water partition coefficient (Wildman–Crippen LogP) is 2.48. The maximum atomic E-state index is 6.05. The fourth-order valence-electron chi connectivity index (χ4n) is 2.54. The standard InChI is InChI=1S/C15H21ClN8/c1-3-23(4-2)5-6-24-9-10(7-19-24)20-15-21-13(17)12-11(16)8-18-14(12)22-15/h7-9H,3-6H2,1-2H3,(H4,17,18,20,21,22). The van der Waals surface area contributed by atoms with Gasteiger partial charge in [-0.1, -0.05) is 25.4 Å². The first-order valence-electron chi connectivity index (χ1n) is 7.92. The van der Waals surface area contributed by atoms with Gasteiger partial charge in [0, 0.05) is 18.9 Å². The maximum Gasteiger partial charge on any atom is 0.231 e. The molecule has 0 aliphatic carbocycles. The average Bonchev–Trinajstić information content (AvgIpc) is 3.15. The molecule has 3 rings (SSSR count). The quantitative estimate of drug-likeness (QED) is 0.606. The van der Waals surface area contributed by atoms with Gasteiger partial charge in [-0.15, -0.1) is 0 Å². The van der Waals surface area contributed by atoms with Gasteiger partial charge in [-0.25, -0.2) is 0 Å². The van der Waals surface area contributed by atoms with Crippen molar-refractivity contribution in [1.82, 2.24) is 29.6 Å². The molecule has 4 N–H and O–H groups in total. The Kier molecular flexibility index (Phi) is 4.86. The van der Waals surface area contributed by atoms with Crippen LogP contribution in [0.2, 0.25) is 5.02 Å². The van der Waals surface area contributed by atoms with Crippen LogP contribution >= 0.6 is 11.6 Å². The number of H-pyrrole nitrogens is 1. The summed E-state index contributed by atoms with van der Waals surface area (Å²) in [6.45, 7) is 8.18. The lowest BCUT2D eigenvalue weighted by Gasteiger charge is -2.17. The van der Waals surface area contributed by atoms with Crippen molar-refractivity contribution in [3.05, 3.63) is 23.6 Å². The van der Waals surface area contributed by atoms with Crippen LogP contribution in [0, 0.1) is 0 Å². The molecule has 9 heteroatoms. The second-order valence-electron chi connectivity index (χ2n) is 5.44. The number of nitrogens with one attached hydrogen (secondary N) is 2. The van der Waals surface area contributed by atoms with E-state index in [0.717, 1.165) is 31.9 Å². The van der Waals surface area contributed by atoms with E-state index >= 15 is 0 Å². The molecule has 128 valence electrons. The predicted molar refractivity (Wildman–Crippen MR) is 96.6 cm³/mol. The number of hydrogen-bond donors (Lipinski definition) is 3. The van der Waals surface area contributed by atoms with Crippen LogP contribution in [-0.2, 0) is 6.54 Å². The molecule has 0 spiro atoms. The zero-order valence-electron chi connectivity index (χ0n) is 13.8. The number of fused-ring (bicyclic) bond motifs is 1. The first kappa shape index (κ1) is 16.5. The van der Waals surface area contributed by atoms with Crippen molar-refractivity contribution in [1.29, 1.82) is 0 Å². The van der Waals surface area contributed by atoms with E-state index in [2.05, 4.69) is 44.1 Å². The number of anilines is 3. The monoisotopic (exact) mass is 348 g/mol. The van der Waals surface area contributed by atoms with Crippen molar-refractivity contribution in [3.8, 4) is 0 Å². The van der Waals surface area contributed by atoms with Gasteiger partial charge >= 0.3 is 0 Å². The number of halogens is 1. The summed E-state index contributed by atoms with van der Waals surface area (Å²) in [7, 11) is 0. The molecular formula is C15H21ClN8. The number of aromatic nitrogens is 5. The minimum Gasteiger partial charge on any atom is -0.383 e. The molecule has 0 fully saturated rings. The fourth-order valence-corrected chi connectivity index (χ4v) is 2.78. The minimum atomic E-state index is 0.336. The Morgan fingerprint density at radius 1 is 1.33 bits per heavy atom. The van der Waals surface area contributed by atoms with Gasteiger partial charge in [0.25, 0.3) is 0 Å². The van der Waals surface area contributed by atoms with Crippen LogP contribution in [0.15, 0.2) is 18.6 Å². The van der Waals surface area contributed by atoms with Crippen LogP contribution in [0.4, 0.5) is 17.5 Å². The van der Waals surface area contributed by atoms with Crippen molar-refractivity contribution in [2.24, 2.45) is 0 Å². The largest absolute Gasteiger partial charge is 0.383 e. The number of nitrogens with two attached hydrogens (primary N) is 1. The molecule has 8 nitrogen and oxygen atoms in total. The summed E-state index contributed by atoms with van der Waals surface area (Å²) in [5.41, 5.74) is 7.36. The Labute approximate surface area is 145 Å². The van der Waals surface area contributed by atoms with Crippen molar-refractivity contribution in [3.63, 3.8) is 0 Å². The van der Waals surface area contributed by atoms with Crippen LogP contribution in [0.3, 0.4) is 0 Å². The molecule has 0 atom stereocenters. The van der Waals surface area contributed by atoms with E-state index in [4.69, 9.17) is 17.3 Å². The molecule has 0 aliphatic rings. The zero-order chi connectivity index (χ0) is 17.1. The molecule has 3 aromatic rings. The molecule has 3 heterocycles. The Hall–Kier alpha value is -2.32. The van der Waals surface area contributed by atoms with E-state index < -0.39 is 0 Å². The normalized spacial score (nSPS) is 11.5. The van der Waals surface area contributed by atoms with Crippen LogP contribution < -0.4 is 11.1 Å². The summed E-state index contributed by atoms with van der Waals surface area (Å²) in [6.07, 6.45) is 5.31. The summed E-state index contributed by atoms with van der Waals surface area (Å²) >= 11 is 6.05. The topological polar surface area (TPSA) is 101 Å². The molecule has 0 saturated heterocycles. The van der Waals surface area contributed by atoms with Gasteiger partial charge in [-0.3, -0.25) is 4.68 Å². The van der Waals surface area contributed by atoms with Crippen molar-refractivity contribution < 1.29 is 0 Å². The molecule has 0 aromatic carbocycles. The molecular weight excluding hydrogens is 328 g/mol. The zero-order valence-corrected chi connectivity index (χ0v) is 14.5. The lowest BCUT2D eigenvalue weighted by molar-refractivity contribution is 0.285. The highest BCUT2D eigenvalue weighted by Crippen LogP contribution is 2.27. The van der Waals surface area contributed by atoms with Crippen LogP contribution in [0.25, 0.3) is 11.0 Å². The van der Waals surface area contributed by atoms with E-state index in [1.807, 2.05) is 10.9 Å². The van der Waals surface area contributed by atoms with Crippen molar-refractivity contribution in [2.75, 3.05) is 30.7 Å². The second kappa shape index (κ2) is 7.06. The minimum absolute atomic E-state index is 0.336. The van der Waals surface area contributed by atoms with Gasteiger partial charge in [-0.05, 0) is 13.1 Å². The second-order valence-corrected chi connectivity index (χ2v) is 5.84. The lowest BCUT2D eigenvalue weighted by Crippen LogP contribution is -2.27. The molecule has 0 saturated carbocycles. The van der Waals surface area contributed by atoms with Gasteiger partial charge in [0.05, 0.1) is 28.8 Å². The summed E-state index contributed by atoms with van der Waals surface area (Å²) in [4.78, 5) is 13.9. The van der Waals surface area contributed by atoms with Gasteiger partial charge < -0.3 is 20.9 Å². The van der Waals surface area contributed by atoms with Crippen LogP contribution in [0.1, 0.15) is 13.8 Å². The van der Waals surface area contributed by atoms with Gasteiger partial charge in [0.15, 0.2) is 0 Å². The average molecular weight is 349 g/mol. The number of rotatable bonds is 7. The van der Waals surface area contributed by atoms with E-state index in [1.165, 1.54) is 0 Å². The smallest absolute Gasteiger partial charge is 0.231 e. The molecule has 3 aromatic heterocycles. The molecule has 0 unspecified atom stereocenters. The number of nitrogen functional groups attached to an aromatic ring is 1. The molecule has 0 bridgehead atoms. The van der Waals surface area contributed by atoms with Crippen molar-refractivity contribution in [2.45, 2.75) is 20.4 Å². The third-order valence-electron chi connectivity index (χ3n) is 3.94. The fraction of sp³-hybridized carbons (Fsp3) is 0.400. The highest BCUT2D eigenvalue weighted by molar-refractivity contribution is 6.36. The number of nitrogens with zero attached hydrogens (tertiary/aromatic N) is 5. The van der Waals surface area contributed by atoms with E-state index in [1.54, 1.807) is 12.4 Å². The van der Waals surface area contributed by atoms with Gasteiger partial charge in [0.1, 0.15) is 11.5 Å². The summed E-state index contributed by atoms with van der Waals surface area (Å²) in [5, 5.41) is 8.62. The number of hydrogen-bond acceptors (Lipinski definition) is 6. The van der Waals surface area contributed by atoms with E-state index in [-0.39, 0.29) is 0 Å². The SMILES string of the molecule is CCN(CC)CCn1cc(Nc2nc(N)c3c(Cl)c[nH]c3n2)cn1. The maximum absolute atomic E-state index is 6.05.